The third-order valence-corrected chi connectivity index (χ3v) is 2.85. The van der Waals surface area contributed by atoms with Crippen LogP contribution in [0.15, 0.2) is 24.0 Å². The highest BCUT2D eigenvalue weighted by atomic mass is 16.6. The Balaban J connectivity index is 1.98. The molecular weight excluding hydrogens is 242 g/mol. The number of aromatic nitrogens is 2. The smallest absolute Gasteiger partial charge is 0.410 e. The number of rotatable bonds is 1. The summed E-state index contributed by atoms with van der Waals surface area (Å²) in [7, 11) is 0. The summed E-state index contributed by atoms with van der Waals surface area (Å²) >= 11 is 0. The summed E-state index contributed by atoms with van der Waals surface area (Å²) in [4.78, 5) is 21.9. The van der Waals surface area contributed by atoms with E-state index in [0.29, 0.717) is 13.1 Å². The molecule has 0 radical (unpaired) electrons. The van der Waals surface area contributed by atoms with Crippen molar-refractivity contribution in [2.24, 2.45) is 0 Å². The fraction of sp³-hybridized carbons (Fsp3) is 0.500. The largest absolute Gasteiger partial charge is 0.444 e. The van der Waals surface area contributed by atoms with Crippen molar-refractivity contribution in [3.8, 4) is 0 Å². The van der Waals surface area contributed by atoms with Gasteiger partial charge in [0.15, 0.2) is 5.82 Å². The maximum atomic E-state index is 11.8. The van der Waals surface area contributed by atoms with Gasteiger partial charge in [-0.2, -0.15) is 0 Å². The lowest BCUT2D eigenvalue weighted by molar-refractivity contribution is 0.0215. The summed E-state index contributed by atoms with van der Waals surface area (Å²) in [5.41, 5.74) is 1.77. The van der Waals surface area contributed by atoms with Crippen molar-refractivity contribution in [1.29, 1.82) is 0 Å². The minimum absolute atomic E-state index is 0.266. The average molecular weight is 261 g/mol. The van der Waals surface area contributed by atoms with Gasteiger partial charge in [0.05, 0.1) is 0 Å². The molecule has 1 aromatic rings. The topological polar surface area (TPSA) is 55.3 Å². The molecule has 1 amide bonds. The molecule has 0 atom stereocenters. The monoisotopic (exact) mass is 261 g/mol. The van der Waals surface area contributed by atoms with E-state index >= 15 is 0 Å². The van der Waals surface area contributed by atoms with Crippen molar-refractivity contribution < 1.29 is 9.53 Å². The zero-order chi connectivity index (χ0) is 14.0. The molecule has 0 bridgehead atoms. The van der Waals surface area contributed by atoms with Crippen LogP contribution in [0, 0.1) is 0 Å². The summed E-state index contributed by atoms with van der Waals surface area (Å²) in [5, 5.41) is 0. The molecule has 0 aliphatic carbocycles. The summed E-state index contributed by atoms with van der Waals surface area (Å²) < 4.78 is 5.31. The van der Waals surface area contributed by atoms with Crippen LogP contribution in [0.3, 0.4) is 0 Å². The van der Waals surface area contributed by atoms with E-state index < -0.39 is 5.60 Å². The van der Waals surface area contributed by atoms with Crippen molar-refractivity contribution in [2.45, 2.75) is 33.3 Å². The Kier molecular flexibility index (Phi) is 3.55. The molecule has 1 fully saturated rings. The van der Waals surface area contributed by atoms with Gasteiger partial charge in [-0.3, -0.25) is 0 Å². The van der Waals surface area contributed by atoms with E-state index in [-0.39, 0.29) is 6.09 Å². The van der Waals surface area contributed by atoms with E-state index in [1.54, 1.807) is 23.4 Å². The molecular formula is C14H19N3O2. The standard InChI is InChI=1S/C14H19N3O2/c1-10(12-15-6-5-7-16-12)11-8-17(9-11)13(18)19-14(2,3)4/h5-7H,8-9H2,1-4H3. The molecule has 2 heterocycles. The van der Waals surface area contributed by atoms with Gasteiger partial charge in [-0.25, -0.2) is 14.8 Å². The Morgan fingerprint density at radius 3 is 2.37 bits per heavy atom. The Bertz CT molecular complexity index is 495. The van der Waals surface area contributed by atoms with E-state index in [1.165, 1.54) is 5.57 Å². The van der Waals surface area contributed by atoms with E-state index in [1.807, 2.05) is 27.7 Å². The Morgan fingerprint density at radius 1 is 1.26 bits per heavy atom. The second kappa shape index (κ2) is 4.99. The number of hydrogen-bond acceptors (Lipinski definition) is 4. The van der Waals surface area contributed by atoms with Gasteiger partial charge in [0.2, 0.25) is 0 Å². The molecule has 0 saturated carbocycles. The number of amides is 1. The first-order chi connectivity index (χ1) is 8.87. The van der Waals surface area contributed by atoms with Crippen LogP contribution < -0.4 is 0 Å². The first kappa shape index (κ1) is 13.5. The maximum absolute atomic E-state index is 11.8. The van der Waals surface area contributed by atoms with Gasteiger partial charge < -0.3 is 9.64 Å². The van der Waals surface area contributed by atoms with Crippen molar-refractivity contribution >= 4 is 11.7 Å². The highest BCUT2D eigenvalue weighted by Gasteiger charge is 2.31. The lowest BCUT2D eigenvalue weighted by Crippen LogP contribution is -2.47. The molecule has 1 aliphatic heterocycles. The molecule has 102 valence electrons. The Hall–Kier alpha value is -1.91. The SMILES string of the molecule is CC(=C1CN(C(=O)OC(C)(C)C)C1)c1ncccn1. The predicted molar refractivity (Wildman–Crippen MR) is 72.4 cm³/mol. The van der Waals surface area contributed by atoms with Gasteiger partial charge in [-0.1, -0.05) is 0 Å². The molecule has 2 rings (SSSR count). The van der Waals surface area contributed by atoms with Gasteiger partial charge >= 0.3 is 6.09 Å². The van der Waals surface area contributed by atoms with E-state index in [9.17, 15) is 4.79 Å². The van der Waals surface area contributed by atoms with E-state index in [2.05, 4.69) is 9.97 Å². The summed E-state index contributed by atoms with van der Waals surface area (Å²) in [6.07, 6.45) is 3.17. The summed E-state index contributed by atoms with van der Waals surface area (Å²) in [5.74, 6) is 0.723. The predicted octanol–water partition coefficient (Wildman–Crippen LogP) is 2.50. The first-order valence-corrected chi connectivity index (χ1v) is 6.31. The number of allylic oxidation sites excluding steroid dienone is 1. The highest BCUT2D eigenvalue weighted by Crippen LogP contribution is 2.24. The van der Waals surface area contributed by atoms with Crippen LogP contribution in [0.25, 0.3) is 5.57 Å². The summed E-state index contributed by atoms with van der Waals surface area (Å²) in [6, 6.07) is 1.79. The summed E-state index contributed by atoms with van der Waals surface area (Å²) in [6.45, 7) is 8.77. The third kappa shape index (κ3) is 3.30. The van der Waals surface area contributed by atoms with E-state index in [0.717, 1.165) is 11.4 Å². The Morgan fingerprint density at radius 2 is 1.84 bits per heavy atom. The molecule has 1 aliphatic rings. The van der Waals surface area contributed by atoms with Crippen LogP contribution in [0.2, 0.25) is 0 Å². The van der Waals surface area contributed by atoms with Gasteiger partial charge in [-0.05, 0) is 44.9 Å². The number of ether oxygens (including phenoxy) is 1. The molecule has 1 aromatic heterocycles. The number of carbonyl (C=O) groups excluding carboxylic acids is 1. The zero-order valence-electron chi connectivity index (χ0n) is 11.8. The molecule has 5 heteroatoms. The molecule has 0 spiro atoms. The maximum Gasteiger partial charge on any atom is 0.410 e. The van der Waals surface area contributed by atoms with Crippen LogP contribution in [0.4, 0.5) is 4.79 Å². The highest BCUT2D eigenvalue weighted by molar-refractivity contribution is 5.74. The van der Waals surface area contributed by atoms with Crippen LogP contribution in [0.5, 0.6) is 0 Å². The van der Waals surface area contributed by atoms with Crippen molar-refractivity contribution in [1.82, 2.24) is 14.9 Å². The number of hydrogen-bond donors (Lipinski definition) is 0. The quantitative estimate of drug-likeness (QED) is 0.779. The number of likely N-dealkylation sites (tertiary alicyclic amines) is 1. The molecule has 0 N–H and O–H groups in total. The Labute approximate surface area is 113 Å². The van der Waals surface area contributed by atoms with Crippen LogP contribution in [-0.4, -0.2) is 39.7 Å². The van der Waals surface area contributed by atoms with Gasteiger partial charge in [0.25, 0.3) is 0 Å². The zero-order valence-corrected chi connectivity index (χ0v) is 11.8. The molecule has 1 saturated heterocycles. The number of nitrogens with zero attached hydrogens (tertiary/aromatic N) is 3. The second-order valence-electron chi connectivity index (χ2n) is 5.64. The normalized spacial score (nSPS) is 14.9. The minimum Gasteiger partial charge on any atom is -0.444 e. The third-order valence-electron chi connectivity index (χ3n) is 2.85. The van der Waals surface area contributed by atoms with Crippen LogP contribution in [0.1, 0.15) is 33.5 Å². The lowest BCUT2D eigenvalue weighted by Gasteiger charge is -2.36. The minimum atomic E-state index is -0.450. The fourth-order valence-electron chi connectivity index (χ4n) is 1.76. The number of carbonyl (C=O) groups is 1. The lowest BCUT2D eigenvalue weighted by atomic mass is 10.0. The van der Waals surface area contributed by atoms with Crippen molar-refractivity contribution in [3.63, 3.8) is 0 Å². The van der Waals surface area contributed by atoms with Gasteiger partial charge in [0.1, 0.15) is 5.60 Å². The first-order valence-electron chi connectivity index (χ1n) is 6.31. The van der Waals surface area contributed by atoms with Crippen LogP contribution >= 0.6 is 0 Å². The molecule has 0 unspecified atom stereocenters. The van der Waals surface area contributed by atoms with Crippen LogP contribution in [-0.2, 0) is 4.74 Å². The average Bonchev–Trinajstić information content (AvgIpc) is 2.25. The fourth-order valence-corrected chi connectivity index (χ4v) is 1.76. The van der Waals surface area contributed by atoms with E-state index in [4.69, 9.17) is 4.74 Å². The van der Waals surface area contributed by atoms with Crippen molar-refractivity contribution in [3.05, 3.63) is 29.9 Å². The van der Waals surface area contributed by atoms with Gasteiger partial charge in [0, 0.05) is 25.5 Å². The molecule has 19 heavy (non-hydrogen) atoms. The van der Waals surface area contributed by atoms with Crippen molar-refractivity contribution in [2.75, 3.05) is 13.1 Å². The second-order valence-corrected chi connectivity index (χ2v) is 5.64. The molecule has 5 nitrogen and oxygen atoms in total. The van der Waals surface area contributed by atoms with Gasteiger partial charge in [-0.15, -0.1) is 0 Å². The molecule has 0 aromatic carbocycles.